The number of nitrogens with zero attached hydrogens (tertiary/aromatic N) is 4. The Hall–Kier alpha value is -2.56. The molecule has 1 fully saturated rings. The molecule has 0 saturated carbocycles. The highest BCUT2D eigenvalue weighted by molar-refractivity contribution is 7.98. The summed E-state index contributed by atoms with van der Waals surface area (Å²) in [6.07, 6.45) is 10.7. The molecule has 0 bridgehead atoms. The molecule has 1 aliphatic heterocycles. The quantitative estimate of drug-likeness (QED) is 0.344. The van der Waals surface area contributed by atoms with Crippen LogP contribution in [0.3, 0.4) is 0 Å². The molecule has 0 unspecified atom stereocenters. The summed E-state index contributed by atoms with van der Waals surface area (Å²) in [5.41, 5.74) is 8.53. The van der Waals surface area contributed by atoms with E-state index in [-0.39, 0.29) is 6.03 Å². The molecule has 2 amide bonds. The predicted molar refractivity (Wildman–Crippen MR) is 139 cm³/mol. The van der Waals surface area contributed by atoms with Crippen molar-refractivity contribution in [3.8, 4) is 11.4 Å². The molecule has 34 heavy (non-hydrogen) atoms. The minimum atomic E-state index is -0.796. The number of anilines is 1. The van der Waals surface area contributed by atoms with Crippen molar-refractivity contribution in [3.63, 3.8) is 0 Å². The van der Waals surface area contributed by atoms with E-state index in [9.17, 15) is 4.79 Å². The second kappa shape index (κ2) is 10.8. The number of halogens is 1. The maximum absolute atomic E-state index is 12.8. The third-order valence-electron chi connectivity index (χ3n) is 6.15. The number of rotatable bonds is 8. The first-order valence-corrected chi connectivity index (χ1v) is 13.3. The number of hydrogen-bond acceptors (Lipinski definition) is 7. The number of nitrogens with two attached hydrogens (primary N) is 1. The molecule has 5 N–H and O–H groups in total. The number of H-pyrrole nitrogens is 1. The van der Waals surface area contributed by atoms with Crippen LogP contribution in [0.1, 0.15) is 31.7 Å². The van der Waals surface area contributed by atoms with Crippen LogP contribution in [0.25, 0.3) is 22.4 Å². The number of nitrogens with one attached hydrogen (secondary N) is 3. The second-order valence-corrected chi connectivity index (χ2v) is 9.89. The Labute approximate surface area is 208 Å². The van der Waals surface area contributed by atoms with Crippen LogP contribution in [0, 0.1) is 0 Å². The highest BCUT2D eigenvalue weighted by Crippen LogP contribution is 2.29. The van der Waals surface area contributed by atoms with E-state index < -0.39 is 5.66 Å². The molecule has 3 aromatic heterocycles. The van der Waals surface area contributed by atoms with Crippen LogP contribution in [-0.4, -0.2) is 68.2 Å². The number of aromatic amines is 1. The molecular formula is C23H31ClN8OS. The zero-order valence-corrected chi connectivity index (χ0v) is 21.1. The van der Waals surface area contributed by atoms with Gasteiger partial charge in [0.05, 0.1) is 11.6 Å². The summed E-state index contributed by atoms with van der Waals surface area (Å²) in [6, 6.07) is 1.74. The number of aromatic nitrogens is 4. The van der Waals surface area contributed by atoms with E-state index in [1.54, 1.807) is 22.9 Å². The topological polar surface area (TPSA) is 125 Å². The number of likely N-dealkylation sites (tertiary alicyclic amines) is 1. The van der Waals surface area contributed by atoms with Crippen molar-refractivity contribution in [2.45, 2.75) is 38.3 Å². The molecule has 1 saturated heterocycles. The average Bonchev–Trinajstić information content (AvgIpc) is 3.26. The first-order chi connectivity index (χ1) is 16.4. The van der Waals surface area contributed by atoms with Gasteiger partial charge in [-0.3, -0.25) is 0 Å². The Morgan fingerprint density at radius 1 is 1.35 bits per heavy atom. The Balaban J connectivity index is 1.56. The van der Waals surface area contributed by atoms with Crippen LogP contribution in [-0.2, 0) is 6.42 Å². The van der Waals surface area contributed by atoms with E-state index in [2.05, 4.69) is 32.5 Å². The number of thioether (sulfide) groups is 1. The number of pyridine rings is 1. The van der Waals surface area contributed by atoms with E-state index in [1.165, 1.54) is 0 Å². The third-order valence-corrected chi connectivity index (χ3v) is 6.97. The minimum absolute atomic E-state index is 0.111. The van der Waals surface area contributed by atoms with Crippen LogP contribution in [0.15, 0.2) is 24.7 Å². The molecule has 1 atom stereocenters. The average molecular weight is 503 g/mol. The first-order valence-electron chi connectivity index (χ1n) is 11.5. The highest BCUT2D eigenvalue weighted by Gasteiger charge is 2.38. The van der Waals surface area contributed by atoms with Gasteiger partial charge in [-0.25, -0.2) is 19.7 Å². The lowest BCUT2D eigenvalue weighted by Gasteiger charge is -2.44. The van der Waals surface area contributed by atoms with Gasteiger partial charge in [-0.2, -0.15) is 11.8 Å². The molecule has 4 rings (SSSR count). The summed E-state index contributed by atoms with van der Waals surface area (Å²) in [5, 5.41) is 7.84. The number of carbonyl (C=O) groups is 1. The van der Waals surface area contributed by atoms with Gasteiger partial charge in [0.2, 0.25) is 0 Å². The number of carbonyl (C=O) groups excluding carboxylic acids is 1. The lowest BCUT2D eigenvalue weighted by atomic mass is 9.96. The van der Waals surface area contributed by atoms with Crippen LogP contribution in [0.4, 0.5) is 10.6 Å². The zero-order chi connectivity index (χ0) is 24.1. The Bertz CT molecular complexity index is 1160. The molecular weight excluding hydrogens is 472 g/mol. The number of fused-ring (bicyclic) bond motifs is 1. The molecule has 3 aromatic rings. The van der Waals surface area contributed by atoms with Crippen molar-refractivity contribution in [3.05, 3.63) is 35.2 Å². The van der Waals surface area contributed by atoms with Gasteiger partial charge in [0, 0.05) is 53.9 Å². The van der Waals surface area contributed by atoms with Gasteiger partial charge in [-0.1, -0.05) is 18.5 Å². The fraction of sp³-hybridized carbons (Fsp3) is 0.478. The van der Waals surface area contributed by atoms with E-state index in [0.717, 1.165) is 59.4 Å². The van der Waals surface area contributed by atoms with Gasteiger partial charge < -0.3 is 26.3 Å². The fourth-order valence-corrected chi connectivity index (χ4v) is 4.71. The van der Waals surface area contributed by atoms with E-state index in [0.29, 0.717) is 30.5 Å². The normalized spacial score (nSPS) is 18.3. The third kappa shape index (κ3) is 5.24. The molecule has 0 spiro atoms. The lowest BCUT2D eigenvalue weighted by Crippen LogP contribution is -2.66. The van der Waals surface area contributed by atoms with Crippen LogP contribution >= 0.6 is 23.4 Å². The van der Waals surface area contributed by atoms with E-state index in [1.807, 2.05) is 24.7 Å². The van der Waals surface area contributed by atoms with Gasteiger partial charge in [0.25, 0.3) is 0 Å². The summed E-state index contributed by atoms with van der Waals surface area (Å²) in [4.78, 5) is 31.5. The van der Waals surface area contributed by atoms with Gasteiger partial charge >= 0.3 is 6.03 Å². The maximum Gasteiger partial charge on any atom is 0.318 e. The van der Waals surface area contributed by atoms with Crippen LogP contribution in [0.5, 0.6) is 0 Å². The minimum Gasteiger partial charge on any atom is -0.366 e. The van der Waals surface area contributed by atoms with Crippen molar-refractivity contribution < 1.29 is 4.79 Å². The van der Waals surface area contributed by atoms with Crippen LogP contribution in [0.2, 0.25) is 5.02 Å². The van der Waals surface area contributed by atoms with E-state index in [4.69, 9.17) is 22.3 Å². The van der Waals surface area contributed by atoms with Crippen molar-refractivity contribution in [2.24, 2.45) is 5.73 Å². The van der Waals surface area contributed by atoms with Crippen molar-refractivity contribution in [1.29, 1.82) is 0 Å². The first kappa shape index (κ1) is 24.6. The molecule has 9 nitrogen and oxygen atoms in total. The second-order valence-electron chi connectivity index (χ2n) is 8.46. The summed E-state index contributed by atoms with van der Waals surface area (Å²) >= 11 is 7.86. The van der Waals surface area contributed by atoms with Crippen molar-refractivity contribution in [2.75, 3.05) is 37.0 Å². The molecule has 11 heteroatoms. The number of piperidine rings is 1. The number of hydrogen-bond donors (Lipinski definition) is 4. The number of urea groups is 1. The summed E-state index contributed by atoms with van der Waals surface area (Å²) < 4.78 is 0. The Kier molecular flexibility index (Phi) is 7.80. The zero-order valence-electron chi connectivity index (χ0n) is 19.5. The van der Waals surface area contributed by atoms with Crippen LogP contribution < -0.4 is 16.4 Å². The van der Waals surface area contributed by atoms with Gasteiger partial charge in [-0.15, -0.1) is 0 Å². The Morgan fingerprint density at radius 3 is 3.00 bits per heavy atom. The standard InChI is InChI=1S/C23H31ClN8OS/c1-3-15-11-27-21(18-13-29-20-17(18)10-16(24)12-28-20)31-19(15)30-14-23(25)6-4-5-8-32(23)22(33)26-7-9-34-2/h10-13H,3-9,14,25H2,1-2H3,(H,26,33)(H,28,29)(H,27,30,31)/t23-/m1/s1. The van der Waals surface area contributed by atoms with Gasteiger partial charge in [0.1, 0.15) is 17.1 Å². The smallest absolute Gasteiger partial charge is 0.318 e. The SMILES string of the molecule is CCc1cnc(-c2c[nH]c3ncc(Cl)cc23)nc1NC[C@@]1(N)CCCCN1C(=O)NCCSC. The summed E-state index contributed by atoms with van der Waals surface area (Å²) in [5.74, 6) is 2.15. The largest absolute Gasteiger partial charge is 0.366 e. The predicted octanol–water partition coefficient (Wildman–Crippen LogP) is 3.86. The fourth-order valence-electron chi connectivity index (χ4n) is 4.25. The molecule has 0 aliphatic carbocycles. The maximum atomic E-state index is 12.8. The van der Waals surface area contributed by atoms with Crippen molar-refractivity contribution in [1.82, 2.24) is 30.2 Å². The van der Waals surface area contributed by atoms with E-state index >= 15 is 0 Å². The number of amides is 2. The summed E-state index contributed by atoms with van der Waals surface area (Å²) in [7, 11) is 0. The Morgan fingerprint density at radius 2 is 2.21 bits per heavy atom. The van der Waals surface area contributed by atoms with Crippen molar-refractivity contribution >= 4 is 46.2 Å². The molecule has 0 radical (unpaired) electrons. The molecule has 1 aliphatic rings. The lowest BCUT2D eigenvalue weighted by molar-refractivity contribution is 0.0897. The summed E-state index contributed by atoms with van der Waals surface area (Å²) in [6.45, 7) is 3.72. The number of aryl methyl sites for hydroxylation is 1. The molecule has 0 aromatic carbocycles. The molecule has 4 heterocycles. The molecule has 182 valence electrons. The monoisotopic (exact) mass is 502 g/mol. The van der Waals surface area contributed by atoms with Gasteiger partial charge in [-0.05, 0) is 38.0 Å². The van der Waals surface area contributed by atoms with Gasteiger partial charge in [0.15, 0.2) is 5.82 Å². The highest BCUT2D eigenvalue weighted by atomic mass is 35.5.